The first-order valence-electron chi connectivity index (χ1n) is 4.66. The van der Waals surface area contributed by atoms with Crippen LogP contribution in [0.15, 0.2) is 17.5 Å². The Kier molecular flexibility index (Phi) is 3.16. The quantitative estimate of drug-likeness (QED) is 0.638. The lowest BCUT2D eigenvalue weighted by atomic mass is 10.2. The van der Waals surface area contributed by atoms with Crippen LogP contribution in [0, 0.1) is 13.8 Å². The fourth-order valence-electron chi connectivity index (χ4n) is 1.56. The van der Waals surface area contributed by atoms with Crippen molar-refractivity contribution < 1.29 is 0 Å². The van der Waals surface area contributed by atoms with Gasteiger partial charge in [-0.3, -0.25) is 5.84 Å². The van der Waals surface area contributed by atoms with Crippen molar-refractivity contribution in [3.8, 4) is 0 Å². The van der Waals surface area contributed by atoms with Crippen LogP contribution in [0.1, 0.15) is 26.5 Å². The van der Waals surface area contributed by atoms with Gasteiger partial charge in [-0.15, -0.1) is 22.7 Å². The van der Waals surface area contributed by atoms with E-state index >= 15 is 0 Å². The maximum Gasteiger partial charge on any atom is 0.0913 e. The van der Waals surface area contributed by atoms with E-state index in [1.807, 2.05) is 19.9 Å². The Morgan fingerprint density at radius 1 is 1.47 bits per heavy atom. The van der Waals surface area contributed by atoms with Crippen molar-refractivity contribution in [2.75, 3.05) is 0 Å². The van der Waals surface area contributed by atoms with E-state index in [0.29, 0.717) is 0 Å². The first-order valence-corrected chi connectivity index (χ1v) is 6.35. The van der Waals surface area contributed by atoms with Crippen molar-refractivity contribution >= 4 is 22.7 Å². The highest BCUT2D eigenvalue weighted by atomic mass is 32.1. The van der Waals surface area contributed by atoms with Gasteiger partial charge < -0.3 is 0 Å². The number of rotatable bonds is 3. The average molecular weight is 239 g/mol. The summed E-state index contributed by atoms with van der Waals surface area (Å²) in [5, 5.41) is 3.14. The molecule has 0 saturated heterocycles. The number of aromatic nitrogens is 1. The molecule has 1 atom stereocenters. The van der Waals surface area contributed by atoms with Crippen molar-refractivity contribution in [3.63, 3.8) is 0 Å². The van der Waals surface area contributed by atoms with E-state index in [2.05, 4.69) is 21.9 Å². The Labute approximate surface area is 96.9 Å². The fourth-order valence-corrected chi connectivity index (χ4v) is 3.43. The molecule has 0 aliphatic carbocycles. The number of nitrogens with one attached hydrogen (secondary N) is 1. The molecule has 0 amide bonds. The summed E-state index contributed by atoms with van der Waals surface area (Å²) >= 11 is 3.40. The lowest BCUT2D eigenvalue weighted by molar-refractivity contribution is 0.652. The highest BCUT2D eigenvalue weighted by Gasteiger charge is 2.18. The molecule has 0 aromatic carbocycles. The van der Waals surface area contributed by atoms with E-state index in [-0.39, 0.29) is 6.04 Å². The zero-order valence-corrected chi connectivity index (χ0v) is 10.3. The van der Waals surface area contributed by atoms with E-state index in [9.17, 15) is 0 Å². The number of aryl methyl sites for hydroxylation is 2. The highest BCUT2D eigenvalue weighted by Crippen LogP contribution is 2.31. The lowest BCUT2D eigenvalue weighted by Crippen LogP contribution is -2.28. The minimum Gasteiger partial charge on any atom is -0.271 e. The van der Waals surface area contributed by atoms with E-state index in [4.69, 9.17) is 5.84 Å². The van der Waals surface area contributed by atoms with Crippen molar-refractivity contribution in [2.45, 2.75) is 19.9 Å². The van der Waals surface area contributed by atoms with Gasteiger partial charge in [-0.05, 0) is 25.3 Å². The molecule has 0 saturated carbocycles. The van der Waals surface area contributed by atoms with Crippen LogP contribution in [0.3, 0.4) is 0 Å². The SMILES string of the molecule is Cc1nc(C)c(C(NN)c2cccs2)s1. The topological polar surface area (TPSA) is 50.9 Å². The molecule has 0 bridgehead atoms. The molecule has 3 nitrogen and oxygen atoms in total. The van der Waals surface area contributed by atoms with E-state index in [1.54, 1.807) is 22.7 Å². The van der Waals surface area contributed by atoms with Crippen molar-refractivity contribution in [3.05, 3.63) is 38.0 Å². The van der Waals surface area contributed by atoms with Crippen LogP contribution in [-0.2, 0) is 0 Å². The molecular weight excluding hydrogens is 226 g/mol. The number of nitrogens with two attached hydrogens (primary N) is 1. The number of hydrogen-bond donors (Lipinski definition) is 2. The second-order valence-corrected chi connectivity index (χ2v) is 5.51. The third-order valence-electron chi connectivity index (χ3n) is 2.20. The minimum absolute atomic E-state index is 0.0798. The van der Waals surface area contributed by atoms with Crippen LogP contribution in [-0.4, -0.2) is 4.98 Å². The molecule has 2 heterocycles. The molecule has 15 heavy (non-hydrogen) atoms. The summed E-state index contributed by atoms with van der Waals surface area (Å²) in [5.74, 6) is 5.61. The van der Waals surface area contributed by atoms with Crippen molar-refractivity contribution in [1.82, 2.24) is 10.4 Å². The summed E-state index contributed by atoms with van der Waals surface area (Å²) < 4.78 is 0. The number of thiophene rings is 1. The Balaban J connectivity index is 2.39. The molecule has 2 aromatic rings. The molecule has 0 aliphatic heterocycles. The molecule has 1 unspecified atom stereocenters. The Morgan fingerprint density at radius 2 is 2.27 bits per heavy atom. The molecule has 0 fully saturated rings. The number of hydrazine groups is 1. The Hall–Kier alpha value is -0.750. The number of hydrogen-bond acceptors (Lipinski definition) is 5. The Bertz CT molecular complexity index is 433. The van der Waals surface area contributed by atoms with Crippen LogP contribution in [0.2, 0.25) is 0 Å². The predicted octanol–water partition coefficient (Wildman–Crippen LogP) is 2.37. The summed E-state index contributed by atoms with van der Waals surface area (Å²) in [6.07, 6.45) is 0. The maximum atomic E-state index is 5.61. The van der Waals surface area contributed by atoms with Gasteiger partial charge in [0.1, 0.15) is 0 Å². The normalized spacial score (nSPS) is 13.0. The standard InChI is InChI=1S/C10H13N3S2/c1-6-10(15-7(2)12-6)9(13-11)8-4-3-5-14-8/h3-5,9,13H,11H2,1-2H3. The Morgan fingerprint density at radius 3 is 2.73 bits per heavy atom. The smallest absolute Gasteiger partial charge is 0.0913 e. The van der Waals surface area contributed by atoms with Gasteiger partial charge in [0.15, 0.2) is 0 Å². The minimum atomic E-state index is 0.0798. The predicted molar refractivity (Wildman–Crippen MR) is 65.1 cm³/mol. The molecule has 5 heteroatoms. The first-order chi connectivity index (χ1) is 7.22. The monoisotopic (exact) mass is 239 g/mol. The summed E-state index contributed by atoms with van der Waals surface area (Å²) in [5.41, 5.74) is 3.92. The van der Waals surface area contributed by atoms with Gasteiger partial charge in [-0.2, -0.15) is 0 Å². The molecular formula is C10H13N3S2. The number of thiazole rings is 1. The van der Waals surface area contributed by atoms with Gasteiger partial charge in [0.2, 0.25) is 0 Å². The van der Waals surface area contributed by atoms with Gasteiger partial charge >= 0.3 is 0 Å². The third kappa shape index (κ3) is 2.10. The van der Waals surface area contributed by atoms with E-state index in [0.717, 1.165) is 10.7 Å². The van der Waals surface area contributed by atoms with Crippen molar-refractivity contribution in [2.24, 2.45) is 5.84 Å². The largest absolute Gasteiger partial charge is 0.271 e. The molecule has 80 valence electrons. The molecule has 0 radical (unpaired) electrons. The van der Waals surface area contributed by atoms with Crippen LogP contribution in [0.4, 0.5) is 0 Å². The molecule has 3 N–H and O–H groups in total. The van der Waals surface area contributed by atoms with Gasteiger partial charge in [0.05, 0.1) is 21.6 Å². The van der Waals surface area contributed by atoms with Crippen LogP contribution in [0.5, 0.6) is 0 Å². The maximum absolute atomic E-state index is 5.61. The second-order valence-electron chi connectivity index (χ2n) is 3.30. The molecule has 0 aliphatic rings. The fraction of sp³-hybridized carbons (Fsp3) is 0.300. The summed E-state index contributed by atoms with van der Waals surface area (Å²) in [4.78, 5) is 6.85. The van der Waals surface area contributed by atoms with Gasteiger partial charge in [-0.25, -0.2) is 10.4 Å². The average Bonchev–Trinajstić information content (AvgIpc) is 2.79. The van der Waals surface area contributed by atoms with Crippen LogP contribution in [0.25, 0.3) is 0 Å². The summed E-state index contributed by atoms with van der Waals surface area (Å²) in [6.45, 7) is 4.04. The van der Waals surface area contributed by atoms with Crippen molar-refractivity contribution in [1.29, 1.82) is 0 Å². The van der Waals surface area contributed by atoms with Gasteiger partial charge in [-0.1, -0.05) is 6.07 Å². The number of nitrogens with zero attached hydrogens (tertiary/aromatic N) is 1. The lowest BCUT2D eigenvalue weighted by Gasteiger charge is -2.12. The van der Waals surface area contributed by atoms with Gasteiger partial charge in [0, 0.05) is 4.88 Å². The molecule has 2 aromatic heterocycles. The first kappa shape index (κ1) is 10.8. The second kappa shape index (κ2) is 4.40. The van der Waals surface area contributed by atoms with E-state index < -0.39 is 0 Å². The van der Waals surface area contributed by atoms with Crippen LogP contribution < -0.4 is 11.3 Å². The highest BCUT2D eigenvalue weighted by molar-refractivity contribution is 7.12. The third-order valence-corrected chi connectivity index (χ3v) is 4.27. The molecule has 2 rings (SSSR count). The van der Waals surface area contributed by atoms with Gasteiger partial charge in [0.25, 0.3) is 0 Å². The van der Waals surface area contributed by atoms with E-state index in [1.165, 1.54) is 9.75 Å². The zero-order valence-electron chi connectivity index (χ0n) is 8.65. The molecule has 0 spiro atoms. The summed E-state index contributed by atoms with van der Waals surface area (Å²) in [6, 6.07) is 4.20. The summed E-state index contributed by atoms with van der Waals surface area (Å²) in [7, 11) is 0. The van der Waals surface area contributed by atoms with Crippen LogP contribution >= 0.6 is 22.7 Å². The zero-order chi connectivity index (χ0) is 10.8.